The summed E-state index contributed by atoms with van der Waals surface area (Å²) in [5, 5.41) is 10.5. The molecule has 0 aliphatic carbocycles. The van der Waals surface area contributed by atoms with Crippen molar-refractivity contribution >= 4 is 15.9 Å². The van der Waals surface area contributed by atoms with E-state index in [1.54, 1.807) is 0 Å². The van der Waals surface area contributed by atoms with E-state index in [1.165, 1.54) is 5.56 Å². The third kappa shape index (κ3) is 2.25. The zero-order valence-electron chi connectivity index (χ0n) is 8.26. The van der Waals surface area contributed by atoms with Crippen molar-refractivity contribution in [2.24, 2.45) is 0 Å². The van der Waals surface area contributed by atoms with Crippen molar-refractivity contribution in [2.75, 3.05) is 5.33 Å². The number of hydrogen-bond acceptors (Lipinski definition) is 1. The highest BCUT2D eigenvalue weighted by molar-refractivity contribution is 9.09. The van der Waals surface area contributed by atoms with Crippen molar-refractivity contribution in [3.05, 3.63) is 28.8 Å². The van der Waals surface area contributed by atoms with E-state index in [9.17, 15) is 5.11 Å². The molecule has 0 amide bonds. The number of benzene rings is 1. The first-order valence-corrected chi connectivity index (χ1v) is 5.54. The van der Waals surface area contributed by atoms with Gasteiger partial charge in [0.05, 0.1) is 0 Å². The summed E-state index contributed by atoms with van der Waals surface area (Å²) in [6, 6.07) is 4.10. The molecule has 0 bridgehead atoms. The molecule has 0 aliphatic rings. The Hall–Kier alpha value is -0.500. The van der Waals surface area contributed by atoms with Crippen LogP contribution in [-0.4, -0.2) is 10.4 Å². The number of phenols is 1. The van der Waals surface area contributed by atoms with Gasteiger partial charge >= 0.3 is 0 Å². The van der Waals surface area contributed by atoms with Crippen molar-refractivity contribution < 1.29 is 5.11 Å². The fourth-order valence-electron chi connectivity index (χ4n) is 1.36. The molecule has 1 nitrogen and oxygen atoms in total. The average Bonchev–Trinajstić information content (AvgIpc) is 2.12. The van der Waals surface area contributed by atoms with E-state index in [0.717, 1.165) is 16.5 Å². The molecule has 1 N–H and O–H groups in total. The maximum atomic E-state index is 9.57. The fourth-order valence-corrected chi connectivity index (χ4v) is 1.74. The lowest BCUT2D eigenvalue weighted by Crippen LogP contribution is -1.96. The monoisotopic (exact) mass is 242 g/mol. The van der Waals surface area contributed by atoms with E-state index in [-0.39, 0.29) is 0 Å². The lowest BCUT2D eigenvalue weighted by atomic mass is 9.98. The molecule has 0 saturated heterocycles. The van der Waals surface area contributed by atoms with E-state index >= 15 is 0 Å². The van der Waals surface area contributed by atoms with Gasteiger partial charge in [0, 0.05) is 5.33 Å². The maximum Gasteiger partial charge on any atom is 0.121 e. The Bertz CT molecular complexity index is 284. The minimum Gasteiger partial charge on any atom is -0.507 e. The number of aryl methyl sites for hydroxylation is 2. The molecular formula is C11H15BrO. The van der Waals surface area contributed by atoms with Crippen molar-refractivity contribution in [1.29, 1.82) is 0 Å². The molecule has 0 aliphatic heterocycles. The first-order valence-electron chi connectivity index (χ1n) is 4.42. The molecule has 1 atom stereocenters. The van der Waals surface area contributed by atoms with Gasteiger partial charge in [0.15, 0.2) is 0 Å². The number of halogens is 1. The largest absolute Gasteiger partial charge is 0.507 e. The van der Waals surface area contributed by atoms with E-state index in [2.05, 4.69) is 22.9 Å². The van der Waals surface area contributed by atoms with Crippen LogP contribution >= 0.6 is 15.9 Å². The van der Waals surface area contributed by atoms with Gasteiger partial charge in [0.25, 0.3) is 0 Å². The lowest BCUT2D eigenvalue weighted by molar-refractivity contribution is 0.466. The second kappa shape index (κ2) is 4.14. The number of phenolic OH excluding ortho intramolecular Hbond substituents is 1. The molecular weight excluding hydrogens is 228 g/mol. The lowest BCUT2D eigenvalue weighted by Gasteiger charge is -2.12. The third-order valence-corrected chi connectivity index (χ3v) is 3.29. The van der Waals surface area contributed by atoms with E-state index < -0.39 is 0 Å². The number of rotatable bonds is 2. The number of alkyl halides is 1. The summed E-state index contributed by atoms with van der Waals surface area (Å²) in [6.07, 6.45) is 0. The zero-order chi connectivity index (χ0) is 10.0. The van der Waals surface area contributed by atoms with E-state index in [4.69, 9.17) is 0 Å². The highest BCUT2D eigenvalue weighted by atomic mass is 79.9. The minimum absolute atomic E-state index is 0.422. The fraction of sp³-hybridized carbons (Fsp3) is 0.455. The van der Waals surface area contributed by atoms with Crippen LogP contribution in [0.5, 0.6) is 5.75 Å². The molecule has 1 unspecified atom stereocenters. The molecule has 0 heterocycles. The molecule has 1 rings (SSSR count). The van der Waals surface area contributed by atoms with Crippen molar-refractivity contribution in [1.82, 2.24) is 0 Å². The molecule has 0 saturated carbocycles. The molecule has 0 fully saturated rings. The molecule has 0 radical (unpaired) electrons. The van der Waals surface area contributed by atoms with Gasteiger partial charge in [-0.2, -0.15) is 0 Å². The summed E-state index contributed by atoms with van der Waals surface area (Å²) in [5.41, 5.74) is 3.20. The average molecular weight is 243 g/mol. The van der Waals surface area contributed by atoms with Crippen LogP contribution < -0.4 is 0 Å². The second-order valence-corrected chi connectivity index (χ2v) is 4.21. The Morgan fingerprint density at radius 2 is 1.77 bits per heavy atom. The van der Waals surface area contributed by atoms with E-state index in [0.29, 0.717) is 11.7 Å². The summed E-state index contributed by atoms with van der Waals surface area (Å²) in [5.74, 6) is 0.920. The summed E-state index contributed by atoms with van der Waals surface area (Å²) < 4.78 is 0. The minimum atomic E-state index is 0.422. The van der Waals surface area contributed by atoms with Crippen LogP contribution in [0.4, 0.5) is 0 Å². The van der Waals surface area contributed by atoms with Crippen LogP contribution in [-0.2, 0) is 0 Å². The van der Waals surface area contributed by atoms with Gasteiger partial charge in [-0.15, -0.1) is 0 Å². The van der Waals surface area contributed by atoms with Crippen LogP contribution in [0, 0.1) is 13.8 Å². The van der Waals surface area contributed by atoms with Crippen molar-refractivity contribution in [3.8, 4) is 5.75 Å². The van der Waals surface area contributed by atoms with E-state index in [1.807, 2.05) is 26.0 Å². The van der Waals surface area contributed by atoms with Gasteiger partial charge < -0.3 is 5.11 Å². The first kappa shape index (κ1) is 10.6. The zero-order valence-corrected chi connectivity index (χ0v) is 9.85. The van der Waals surface area contributed by atoms with Crippen molar-refractivity contribution in [3.63, 3.8) is 0 Å². The quantitative estimate of drug-likeness (QED) is 0.788. The van der Waals surface area contributed by atoms with Gasteiger partial charge in [0.2, 0.25) is 0 Å². The highest BCUT2D eigenvalue weighted by Crippen LogP contribution is 2.27. The smallest absolute Gasteiger partial charge is 0.121 e. The first-order chi connectivity index (χ1) is 6.06. The SMILES string of the molecule is Cc1cc(C(C)CBr)cc(C)c1O. The Morgan fingerprint density at radius 3 is 2.15 bits per heavy atom. The molecule has 1 aromatic carbocycles. The summed E-state index contributed by atoms with van der Waals surface area (Å²) >= 11 is 3.46. The van der Waals surface area contributed by atoms with Crippen molar-refractivity contribution in [2.45, 2.75) is 26.7 Å². The van der Waals surface area contributed by atoms with Gasteiger partial charge in [-0.05, 0) is 36.5 Å². The molecule has 13 heavy (non-hydrogen) atoms. The Morgan fingerprint density at radius 1 is 1.31 bits per heavy atom. The standard InChI is InChI=1S/C11H15BrO/c1-7-4-10(9(3)6-12)5-8(2)11(7)13/h4-5,9,13H,6H2,1-3H3. The topological polar surface area (TPSA) is 20.2 Å². The maximum absolute atomic E-state index is 9.57. The van der Waals surface area contributed by atoms with Crippen LogP contribution in [0.2, 0.25) is 0 Å². The summed E-state index contributed by atoms with van der Waals surface area (Å²) in [7, 11) is 0. The van der Waals surface area contributed by atoms with Crippen LogP contribution in [0.25, 0.3) is 0 Å². The normalized spacial score (nSPS) is 12.9. The summed E-state index contributed by atoms with van der Waals surface area (Å²) in [4.78, 5) is 0. The molecule has 0 spiro atoms. The van der Waals surface area contributed by atoms with Crippen LogP contribution in [0.1, 0.15) is 29.5 Å². The van der Waals surface area contributed by atoms with Gasteiger partial charge in [-0.1, -0.05) is 35.0 Å². The van der Waals surface area contributed by atoms with Gasteiger partial charge in [-0.3, -0.25) is 0 Å². The predicted molar refractivity (Wildman–Crippen MR) is 59.8 cm³/mol. The molecule has 1 aromatic rings. The molecule has 0 aromatic heterocycles. The summed E-state index contributed by atoms with van der Waals surface area (Å²) in [6.45, 7) is 6.04. The van der Waals surface area contributed by atoms with Gasteiger partial charge in [0.1, 0.15) is 5.75 Å². The number of hydrogen-bond donors (Lipinski definition) is 1. The van der Waals surface area contributed by atoms with Gasteiger partial charge in [-0.25, -0.2) is 0 Å². The number of aromatic hydroxyl groups is 1. The van der Waals surface area contributed by atoms with Crippen LogP contribution in [0.15, 0.2) is 12.1 Å². The Labute approximate surface area is 87.9 Å². The Kier molecular flexibility index (Phi) is 3.37. The molecule has 2 heteroatoms. The molecule has 72 valence electrons. The third-order valence-electron chi connectivity index (χ3n) is 2.31. The Balaban J connectivity index is 3.13. The second-order valence-electron chi connectivity index (χ2n) is 3.56. The van der Waals surface area contributed by atoms with Crippen LogP contribution in [0.3, 0.4) is 0 Å². The predicted octanol–water partition coefficient (Wildman–Crippen LogP) is 3.51. The highest BCUT2D eigenvalue weighted by Gasteiger charge is 2.08.